The number of nitrogens with two attached hydrogens (primary N) is 1. The van der Waals surface area contributed by atoms with Gasteiger partial charge in [-0.25, -0.2) is 9.97 Å². The molecule has 35 heavy (non-hydrogen) atoms. The van der Waals surface area contributed by atoms with Crippen LogP contribution in [-0.4, -0.2) is 66.4 Å². The van der Waals surface area contributed by atoms with Gasteiger partial charge >= 0.3 is 0 Å². The normalized spacial score (nSPS) is 13.7. The minimum Gasteiger partial charge on any atom is -0.492 e. The number of carbonyl (C=O) groups excluding carboxylic acids is 1. The van der Waals surface area contributed by atoms with Crippen LogP contribution in [0, 0.1) is 12.3 Å². The highest BCUT2D eigenvalue weighted by atomic mass is 16.5. The molecule has 0 unspecified atom stereocenters. The Morgan fingerprint density at radius 2 is 1.97 bits per heavy atom. The average molecular weight is 476 g/mol. The van der Waals surface area contributed by atoms with Crippen LogP contribution in [0.3, 0.4) is 0 Å². The summed E-state index contributed by atoms with van der Waals surface area (Å²) in [6.45, 7) is 6.73. The first-order valence-corrected chi connectivity index (χ1v) is 11.4. The van der Waals surface area contributed by atoms with E-state index >= 15 is 0 Å². The molecule has 1 aliphatic heterocycles. The van der Waals surface area contributed by atoms with Gasteiger partial charge in [0.05, 0.1) is 24.5 Å². The second kappa shape index (κ2) is 11.4. The number of benzene rings is 2. The largest absolute Gasteiger partial charge is 0.492 e. The first-order chi connectivity index (χ1) is 17.0. The number of rotatable bonds is 10. The van der Waals surface area contributed by atoms with Gasteiger partial charge in [-0.2, -0.15) is 0 Å². The molecule has 1 amide bonds. The summed E-state index contributed by atoms with van der Waals surface area (Å²) in [7, 11) is 0. The lowest BCUT2D eigenvalue weighted by molar-refractivity contribution is -0.105. The van der Waals surface area contributed by atoms with Crippen LogP contribution in [0.4, 0.5) is 23.0 Å². The molecule has 2 aromatic carbocycles. The molecule has 2 heterocycles. The number of anilines is 4. The van der Waals surface area contributed by atoms with Crippen molar-refractivity contribution in [3.63, 3.8) is 0 Å². The maximum Gasteiger partial charge on any atom is 0.211 e. The number of ether oxygens (including phenoxy) is 2. The Kier molecular flexibility index (Phi) is 7.86. The number of aryl methyl sites for hydroxylation is 1. The SMILES string of the molecule is Cc1cc(NC=O)ccc1Nc1ncnc(N)c1C(=N)c1ccc(OCCN2CCOCC2)cc1. The van der Waals surface area contributed by atoms with E-state index in [4.69, 9.17) is 20.6 Å². The third kappa shape index (κ3) is 6.11. The summed E-state index contributed by atoms with van der Waals surface area (Å²) in [5, 5.41) is 14.7. The maximum absolute atomic E-state index is 10.7. The molecule has 0 atom stereocenters. The molecule has 0 spiro atoms. The predicted octanol–water partition coefficient (Wildman–Crippen LogP) is 2.81. The molecule has 3 aromatic rings. The third-order valence-electron chi connectivity index (χ3n) is 5.75. The first kappa shape index (κ1) is 24.1. The molecule has 10 nitrogen and oxygen atoms in total. The Labute approximate surface area is 204 Å². The minimum atomic E-state index is 0.197. The molecule has 10 heteroatoms. The van der Waals surface area contributed by atoms with Crippen molar-refractivity contribution < 1.29 is 14.3 Å². The summed E-state index contributed by atoms with van der Waals surface area (Å²) in [4.78, 5) is 21.4. The zero-order chi connectivity index (χ0) is 24.6. The molecule has 1 saturated heterocycles. The molecule has 0 saturated carbocycles. The fourth-order valence-electron chi connectivity index (χ4n) is 3.81. The summed E-state index contributed by atoms with van der Waals surface area (Å²) in [5.74, 6) is 1.37. The van der Waals surface area contributed by atoms with Crippen LogP contribution < -0.4 is 21.1 Å². The average Bonchev–Trinajstić information content (AvgIpc) is 2.87. The zero-order valence-corrected chi connectivity index (χ0v) is 19.6. The van der Waals surface area contributed by atoms with Crippen LogP contribution in [0.15, 0.2) is 48.8 Å². The number of hydrogen-bond donors (Lipinski definition) is 4. The number of morpholine rings is 1. The molecule has 5 N–H and O–H groups in total. The van der Waals surface area contributed by atoms with Crippen molar-refractivity contribution in [2.45, 2.75) is 6.92 Å². The van der Waals surface area contributed by atoms with Gasteiger partial charge in [0.1, 0.15) is 30.3 Å². The summed E-state index contributed by atoms with van der Waals surface area (Å²) < 4.78 is 11.2. The molecule has 0 radical (unpaired) electrons. The monoisotopic (exact) mass is 475 g/mol. The number of nitrogens with zero attached hydrogens (tertiary/aromatic N) is 3. The highest BCUT2D eigenvalue weighted by molar-refractivity contribution is 6.16. The predicted molar refractivity (Wildman–Crippen MR) is 136 cm³/mol. The number of hydrogen-bond acceptors (Lipinski definition) is 9. The quantitative estimate of drug-likeness (QED) is 0.259. The van der Waals surface area contributed by atoms with E-state index in [-0.39, 0.29) is 11.5 Å². The highest BCUT2D eigenvalue weighted by Crippen LogP contribution is 2.28. The molecule has 0 aliphatic carbocycles. The van der Waals surface area contributed by atoms with Crippen molar-refractivity contribution in [2.75, 3.05) is 55.8 Å². The molecule has 1 aliphatic rings. The van der Waals surface area contributed by atoms with E-state index in [0.29, 0.717) is 35.6 Å². The summed E-state index contributed by atoms with van der Waals surface area (Å²) in [5.41, 5.74) is 9.78. The second-order valence-electron chi connectivity index (χ2n) is 8.10. The van der Waals surface area contributed by atoms with Crippen molar-refractivity contribution in [1.82, 2.24) is 14.9 Å². The Morgan fingerprint density at radius 3 is 2.69 bits per heavy atom. The van der Waals surface area contributed by atoms with E-state index in [1.807, 2.05) is 43.3 Å². The lowest BCUT2D eigenvalue weighted by Crippen LogP contribution is -2.38. The Balaban J connectivity index is 1.46. The van der Waals surface area contributed by atoms with E-state index in [2.05, 4.69) is 25.5 Å². The van der Waals surface area contributed by atoms with E-state index in [9.17, 15) is 4.79 Å². The number of carbonyl (C=O) groups is 1. The van der Waals surface area contributed by atoms with Gasteiger partial charge in [0.25, 0.3) is 0 Å². The minimum absolute atomic E-state index is 0.197. The fraction of sp³-hybridized carbons (Fsp3) is 0.280. The lowest BCUT2D eigenvalue weighted by Gasteiger charge is -2.26. The highest BCUT2D eigenvalue weighted by Gasteiger charge is 2.17. The number of aromatic nitrogens is 2. The molecule has 182 valence electrons. The zero-order valence-electron chi connectivity index (χ0n) is 19.6. The molecular formula is C25H29N7O3. The van der Waals surface area contributed by atoms with Crippen molar-refractivity contribution in [3.05, 3.63) is 65.5 Å². The van der Waals surface area contributed by atoms with Gasteiger partial charge in [0.15, 0.2) is 0 Å². The molecule has 1 aromatic heterocycles. The first-order valence-electron chi connectivity index (χ1n) is 11.4. The van der Waals surface area contributed by atoms with Gasteiger partial charge in [-0.1, -0.05) is 0 Å². The van der Waals surface area contributed by atoms with E-state index < -0.39 is 0 Å². The molecular weight excluding hydrogens is 446 g/mol. The van der Waals surface area contributed by atoms with Crippen LogP contribution >= 0.6 is 0 Å². The Morgan fingerprint density at radius 1 is 1.20 bits per heavy atom. The van der Waals surface area contributed by atoms with Gasteiger partial charge in [-0.3, -0.25) is 15.1 Å². The van der Waals surface area contributed by atoms with Crippen molar-refractivity contribution in [3.8, 4) is 5.75 Å². The van der Waals surface area contributed by atoms with Gasteiger partial charge in [0.2, 0.25) is 6.41 Å². The van der Waals surface area contributed by atoms with Gasteiger partial charge in [0, 0.05) is 36.6 Å². The second-order valence-corrected chi connectivity index (χ2v) is 8.10. The Bertz CT molecular complexity index is 1180. The Hall–Kier alpha value is -4.02. The smallest absolute Gasteiger partial charge is 0.211 e. The van der Waals surface area contributed by atoms with Gasteiger partial charge in [-0.15, -0.1) is 0 Å². The summed E-state index contributed by atoms with van der Waals surface area (Å²) in [6.07, 6.45) is 1.99. The van der Waals surface area contributed by atoms with Crippen LogP contribution in [0.5, 0.6) is 5.75 Å². The molecule has 0 bridgehead atoms. The van der Waals surface area contributed by atoms with Crippen molar-refractivity contribution >= 4 is 35.1 Å². The van der Waals surface area contributed by atoms with Crippen molar-refractivity contribution in [1.29, 1.82) is 5.41 Å². The number of nitrogen functional groups attached to an aromatic ring is 1. The van der Waals surface area contributed by atoms with Gasteiger partial charge in [-0.05, 0) is 55.0 Å². The third-order valence-corrected chi connectivity index (χ3v) is 5.75. The maximum atomic E-state index is 10.7. The molecule has 4 rings (SSSR count). The van der Waals surface area contributed by atoms with Crippen LogP contribution in [0.25, 0.3) is 0 Å². The van der Waals surface area contributed by atoms with Crippen molar-refractivity contribution in [2.24, 2.45) is 0 Å². The van der Waals surface area contributed by atoms with E-state index in [1.54, 1.807) is 6.07 Å². The van der Waals surface area contributed by atoms with E-state index in [0.717, 1.165) is 49.8 Å². The van der Waals surface area contributed by atoms with Crippen LogP contribution in [-0.2, 0) is 9.53 Å². The van der Waals surface area contributed by atoms with Gasteiger partial charge < -0.3 is 25.8 Å². The topological polar surface area (TPSA) is 138 Å². The summed E-state index contributed by atoms with van der Waals surface area (Å²) >= 11 is 0. The molecule has 1 fully saturated rings. The fourth-order valence-corrected chi connectivity index (χ4v) is 3.81. The standard InChI is InChI=1S/C25H29N7O3/c1-17-14-19(30-16-33)4-7-21(17)31-25-22(24(27)28-15-29-25)23(26)18-2-5-20(6-3-18)35-13-10-32-8-11-34-12-9-32/h2-7,14-16,26H,8-13H2,1H3,(H,30,33)(H3,27,28,29,31). The van der Waals surface area contributed by atoms with E-state index in [1.165, 1.54) is 6.33 Å². The lowest BCUT2D eigenvalue weighted by atomic mass is 10.0. The van der Waals surface area contributed by atoms with Crippen LogP contribution in [0.1, 0.15) is 16.7 Å². The van der Waals surface area contributed by atoms with Crippen LogP contribution in [0.2, 0.25) is 0 Å². The number of amides is 1. The number of nitrogens with one attached hydrogen (secondary N) is 3. The summed E-state index contributed by atoms with van der Waals surface area (Å²) in [6, 6.07) is 12.8.